The molecule has 0 aliphatic heterocycles. The van der Waals surface area contributed by atoms with Gasteiger partial charge >= 0.3 is 0 Å². The summed E-state index contributed by atoms with van der Waals surface area (Å²) >= 11 is 7.73. The van der Waals surface area contributed by atoms with Crippen LogP contribution in [0.2, 0.25) is 5.02 Å². The number of benzene rings is 2. The third-order valence-corrected chi connectivity index (χ3v) is 6.30. The number of nitrogens with zero attached hydrogens (tertiary/aromatic N) is 4. The average Bonchev–Trinajstić information content (AvgIpc) is 3.22. The quantitative estimate of drug-likeness (QED) is 0.394. The summed E-state index contributed by atoms with van der Waals surface area (Å²) in [5.41, 5.74) is 1.79. The summed E-state index contributed by atoms with van der Waals surface area (Å²) in [6, 6.07) is 13.1. The Morgan fingerprint density at radius 1 is 1.09 bits per heavy atom. The maximum absolute atomic E-state index is 12.5. The number of methoxy groups -OCH3 is 1. The highest BCUT2D eigenvalue weighted by Crippen LogP contribution is 2.27. The average molecular weight is 475 g/mol. The zero-order valence-corrected chi connectivity index (χ0v) is 20.2. The number of hydrogen-bond acceptors (Lipinski definition) is 6. The molecular formula is C23H27ClN4O3S. The van der Waals surface area contributed by atoms with E-state index in [0.717, 1.165) is 17.0 Å². The Kier molecular flexibility index (Phi) is 8.41. The van der Waals surface area contributed by atoms with Crippen LogP contribution in [-0.2, 0) is 11.4 Å². The fourth-order valence-corrected chi connectivity index (χ4v) is 4.13. The molecule has 9 heteroatoms. The molecular weight excluding hydrogens is 448 g/mol. The first kappa shape index (κ1) is 23.9. The monoisotopic (exact) mass is 474 g/mol. The van der Waals surface area contributed by atoms with Crippen LogP contribution in [0.15, 0.2) is 47.6 Å². The largest absolute Gasteiger partial charge is 0.497 e. The molecule has 0 aliphatic rings. The van der Waals surface area contributed by atoms with Crippen LogP contribution in [0.1, 0.15) is 25.2 Å². The Balaban J connectivity index is 1.85. The third-order valence-electron chi connectivity index (χ3n) is 4.98. The lowest BCUT2D eigenvalue weighted by Crippen LogP contribution is -2.31. The summed E-state index contributed by atoms with van der Waals surface area (Å²) in [4.78, 5) is 14.3. The van der Waals surface area contributed by atoms with Gasteiger partial charge in [-0.15, -0.1) is 10.2 Å². The van der Waals surface area contributed by atoms with Gasteiger partial charge in [0, 0.05) is 18.1 Å². The van der Waals surface area contributed by atoms with Gasteiger partial charge in [-0.25, -0.2) is 0 Å². The maximum atomic E-state index is 12.5. The Morgan fingerprint density at radius 3 is 2.41 bits per heavy atom. The van der Waals surface area contributed by atoms with Gasteiger partial charge in [-0.05, 0) is 62.7 Å². The number of aryl methyl sites for hydroxylation is 1. The van der Waals surface area contributed by atoms with Crippen molar-refractivity contribution < 1.29 is 14.3 Å². The maximum Gasteiger partial charge on any atom is 0.233 e. The van der Waals surface area contributed by atoms with Gasteiger partial charge in [0.25, 0.3) is 0 Å². The van der Waals surface area contributed by atoms with Gasteiger partial charge in [0.2, 0.25) is 5.91 Å². The molecule has 0 N–H and O–H groups in total. The van der Waals surface area contributed by atoms with Crippen molar-refractivity contribution in [2.75, 3.05) is 26.0 Å². The van der Waals surface area contributed by atoms with Crippen molar-refractivity contribution in [3.05, 3.63) is 58.9 Å². The SMILES string of the molecule is CCN(CC)C(=O)CSc1nnc(COc2ccc(OC)cc2)n1-c1ccc(C)c(Cl)c1. The lowest BCUT2D eigenvalue weighted by Gasteiger charge is -2.18. The zero-order valence-electron chi connectivity index (χ0n) is 18.7. The summed E-state index contributed by atoms with van der Waals surface area (Å²) in [5, 5.41) is 9.92. The van der Waals surface area contributed by atoms with Gasteiger partial charge in [-0.3, -0.25) is 9.36 Å². The molecule has 7 nitrogen and oxygen atoms in total. The lowest BCUT2D eigenvalue weighted by molar-refractivity contribution is -0.127. The van der Waals surface area contributed by atoms with E-state index in [1.54, 1.807) is 12.0 Å². The molecule has 0 atom stereocenters. The molecule has 0 bridgehead atoms. The predicted molar refractivity (Wildman–Crippen MR) is 127 cm³/mol. The van der Waals surface area contributed by atoms with Crippen LogP contribution in [0, 0.1) is 6.92 Å². The summed E-state index contributed by atoms with van der Waals surface area (Å²) in [5.74, 6) is 2.39. The number of aromatic nitrogens is 3. The van der Waals surface area contributed by atoms with E-state index in [1.165, 1.54) is 11.8 Å². The molecule has 0 unspecified atom stereocenters. The Morgan fingerprint density at radius 2 is 1.78 bits per heavy atom. The second-order valence-electron chi connectivity index (χ2n) is 6.99. The number of carbonyl (C=O) groups is 1. The van der Waals surface area contributed by atoms with Crippen molar-refractivity contribution in [1.29, 1.82) is 0 Å². The first-order chi connectivity index (χ1) is 15.5. The molecule has 0 saturated carbocycles. The van der Waals surface area contributed by atoms with Gasteiger partial charge in [-0.1, -0.05) is 29.4 Å². The number of amides is 1. The van der Waals surface area contributed by atoms with E-state index in [1.807, 2.05) is 67.8 Å². The Hall–Kier alpha value is -2.71. The highest BCUT2D eigenvalue weighted by atomic mass is 35.5. The molecule has 1 amide bonds. The van der Waals surface area contributed by atoms with E-state index in [-0.39, 0.29) is 18.3 Å². The number of carbonyl (C=O) groups excluding carboxylic acids is 1. The minimum Gasteiger partial charge on any atom is -0.497 e. The van der Waals surface area contributed by atoms with Crippen LogP contribution in [0.4, 0.5) is 0 Å². The summed E-state index contributed by atoms with van der Waals surface area (Å²) < 4.78 is 13.0. The summed E-state index contributed by atoms with van der Waals surface area (Å²) in [6.45, 7) is 7.45. The molecule has 32 heavy (non-hydrogen) atoms. The molecule has 1 heterocycles. The molecule has 0 spiro atoms. The molecule has 0 aliphatic carbocycles. The van der Waals surface area contributed by atoms with Gasteiger partial charge in [0.1, 0.15) is 18.1 Å². The van der Waals surface area contributed by atoms with E-state index in [2.05, 4.69) is 10.2 Å². The van der Waals surface area contributed by atoms with E-state index in [0.29, 0.717) is 34.8 Å². The lowest BCUT2D eigenvalue weighted by atomic mass is 10.2. The second-order valence-corrected chi connectivity index (χ2v) is 8.34. The van der Waals surface area contributed by atoms with Crippen LogP contribution in [0.5, 0.6) is 11.5 Å². The topological polar surface area (TPSA) is 69.5 Å². The fourth-order valence-electron chi connectivity index (χ4n) is 3.08. The van der Waals surface area contributed by atoms with Crippen LogP contribution >= 0.6 is 23.4 Å². The highest BCUT2D eigenvalue weighted by Gasteiger charge is 2.18. The van der Waals surface area contributed by atoms with Crippen LogP contribution < -0.4 is 9.47 Å². The smallest absolute Gasteiger partial charge is 0.233 e. The van der Waals surface area contributed by atoms with E-state index < -0.39 is 0 Å². The highest BCUT2D eigenvalue weighted by molar-refractivity contribution is 7.99. The first-order valence-corrected chi connectivity index (χ1v) is 11.7. The molecule has 0 fully saturated rings. The van der Waals surface area contributed by atoms with Gasteiger partial charge in [0.05, 0.1) is 18.6 Å². The standard InChI is InChI=1S/C23H27ClN4O3S/c1-5-27(6-2)22(29)15-32-23-26-25-21(14-31-19-11-9-18(30-4)10-12-19)28(23)17-8-7-16(3)20(24)13-17/h7-13H,5-6,14-15H2,1-4H3. The van der Waals surface area contributed by atoms with Crippen molar-refractivity contribution in [2.45, 2.75) is 32.5 Å². The Bertz CT molecular complexity index is 1050. The number of ether oxygens (including phenoxy) is 2. The molecule has 0 radical (unpaired) electrons. The van der Waals surface area contributed by atoms with Gasteiger partial charge in [0.15, 0.2) is 11.0 Å². The third kappa shape index (κ3) is 5.75. The van der Waals surface area contributed by atoms with Crippen molar-refractivity contribution in [1.82, 2.24) is 19.7 Å². The minimum atomic E-state index is 0.0625. The van der Waals surface area contributed by atoms with Crippen LogP contribution in [-0.4, -0.2) is 51.5 Å². The van der Waals surface area contributed by atoms with Gasteiger partial charge in [-0.2, -0.15) is 0 Å². The number of rotatable bonds is 10. The van der Waals surface area contributed by atoms with Gasteiger partial charge < -0.3 is 14.4 Å². The minimum absolute atomic E-state index is 0.0625. The summed E-state index contributed by atoms with van der Waals surface area (Å²) in [6.07, 6.45) is 0. The summed E-state index contributed by atoms with van der Waals surface area (Å²) in [7, 11) is 1.62. The first-order valence-electron chi connectivity index (χ1n) is 10.3. The molecule has 1 aromatic heterocycles. The Labute approximate surface area is 197 Å². The normalized spacial score (nSPS) is 10.8. The molecule has 170 valence electrons. The van der Waals surface area contributed by atoms with E-state index >= 15 is 0 Å². The number of thioether (sulfide) groups is 1. The molecule has 0 saturated heterocycles. The number of hydrogen-bond donors (Lipinski definition) is 0. The number of halogens is 1. The van der Waals surface area contributed by atoms with Crippen LogP contribution in [0.3, 0.4) is 0 Å². The fraction of sp³-hybridized carbons (Fsp3) is 0.348. The van der Waals surface area contributed by atoms with Crippen molar-refractivity contribution in [3.63, 3.8) is 0 Å². The van der Waals surface area contributed by atoms with E-state index in [9.17, 15) is 4.79 Å². The van der Waals surface area contributed by atoms with Crippen molar-refractivity contribution in [3.8, 4) is 17.2 Å². The zero-order chi connectivity index (χ0) is 23.1. The van der Waals surface area contributed by atoms with E-state index in [4.69, 9.17) is 21.1 Å². The van der Waals surface area contributed by atoms with Crippen molar-refractivity contribution >= 4 is 29.3 Å². The predicted octanol–water partition coefficient (Wildman–Crippen LogP) is 4.78. The van der Waals surface area contributed by atoms with Crippen LogP contribution in [0.25, 0.3) is 5.69 Å². The second kappa shape index (κ2) is 11.2. The van der Waals surface area contributed by atoms with Crippen molar-refractivity contribution in [2.24, 2.45) is 0 Å². The molecule has 2 aromatic carbocycles. The molecule has 3 aromatic rings. The molecule has 3 rings (SSSR count).